The number of fused-ring (bicyclic) bond motifs is 2. The number of hydrogen-bond donors (Lipinski definition) is 1. The molecule has 0 aliphatic heterocycles. The van der Waals surface area contributed by atoms with Gasteiger partial charge in [0.25, 0.3) is 11.5 Å². The van der Waals surface area contributed by atoms with Crippen LogP contribution in [-0.4, -0.2) is 27.0 Å². The highest BCUT2D eigenvalue weighted by atomic mass is 16.5. The first-order valence-electron chi connectivity index (χ1n) is 10.5. The van der Waals surface area contributed by atoms with E-state index in [9.17, 15) is 9.59 Å². The monoisotopic (exact) mass is 438 g/mol. The minimum absolute atomic E-state index is 0.207. The summed E-state index contributed by atoms with van der Waals surface area (Å²) in [6, 6.07) is 22.3. The van der Waals surface area contributed by atoms with Crippen LogP contribution < -0.4 is 15.6 Å². The van der Waals surface area contributed by atoms with E-state index < -0.39 is 0 Å². The van der Waals surface area contributed by atoms with Crippen molar-refractivity contribution < 1.29 is 9.53 Å². The van der Waals surface area contributed by atoms with Crippen LogP contribution >= 0.6 is 0 Å². The first kappa shape index (κ1) is 20.5. The summed E-state index contributed by atoms with van der Waals surface area (Å²) in [6.45, 7) is 2.32. The van der Waals surface area contributed by atoms with Crippen LogP contribution in [0.1, 0.15) is 21.6 Å². The fraction of sp³-hybridized carbons (Fsp3) is 0.115. The number of carbonyl (C=O) groups excluding carboxylic acids is 1. The normalized spacial score (nSPS) is 11.1. The molecule has 1 N–H and O–H groups in total. The lowest BCUT2D eigenvalue weighted by molar-refractivity contribution is 0.101. The van der Waals surface area contributed by atoms with Crippen LogP contribution in [0.4, 0.5) is 5.69 Å². The molecular formula is C26H22N4O3. The second-order valence-electron chi connectivity index (χ2n) is 7.88. The molecule has 0 saturated carbocycles. The molecule has 0 aliphatic carbocycles. The van der Waals surface area contributed by atoms with Gasteiger partial charge in [0, 0.05) is 24.5 Å². The van der Waals surface area contributed by atoms with Crippen LogP contribution in [0, 0.1) is 6.92 Å². The Morgan fingerprint density at radius 2 is 1.85 bits per heavy atom. The number of methoxy groups -OCH3 is 1. The highest BCUT2D eigenvalue weighted by molar-refractivity contribution is 6.06. The highest BCUT2D eigenvalue weighted by Crippen LogP contribution is 2.22. The number of rotatable bonds is 5. The largest absolute Gasteiger partial charge is 0.497 e. The van der Waals surface area contributed by atoms with E-state index in [2.05, 4.69) is 5.32 Å². The van der Waals surface area contributed by atoms with Crippen LogP contribution in [0.3, 0.4) is 0 Å². The number of nitrogens with zero attached hydrogens (tertiary/aromatic N) is 3. The second kappa shape index (κ2) is 8.27. The van der Waals surface area contributed by atoms with E-state index in [-0.39, 0.29) is 11.5 Å². The van der Waals surface area contributed by atoms with Crippen molar-refractivity contribution in [1.29, 1.82) is 0 Å². The zero-order chi connectivity index (χ0) is 22.9. The van der Waals surface area contributed by atoms with E-state index in [0.717, 1.165) is 11.1 Å². The smallest absolute Gasteiger partial charge is 0.272 e. The lowest BCUT2D eigenvalue weighted by Crippen LogP contribution is -2.18. The van der Waals surface area contributed by atoms with Crippen molar-refractivity contribution >= 4 is 28.3 Å². The van der Waals surface area contributed by atoms with Gasteiger partial charge < -0.3 is 14.6 Å². The molecular weight excluding hydrogens is 416 g/mol. The summed E-state index contributed by atoms with van der Waals surface area (Å²) in [5.41, 5.74) is 3.70. The van der Waals surface area contributed by atoms with Crippen LogP contribution in [0.5, 0.6) is 5.75 Å². The molecule has 0 atom stereocenters. The third-order valence-electron chi connectivity index (χ3n) is 5.56. The summed E-state index contributed by atoms with van der Waals surface area (Å²) < 4.78 is 8.57. The first-order chi connectivity index (χ1) is 16.0. The van der Waals surface area contributed by atoms with Gasteiger partial charge in [0.15, 0.2) is 0 Å². The minimum Gasteiger partial charge on any atom is -0.497 e. The molecule has 0 fully saturated rings. The lowest BCUT2D eigenvalue weighted by Gasteiger charge is -2.12. The molecule has 0 unspecified atom stereocenters. The van der Waals surface area contributed by atoms with Gasteiger partial charge in [0.05, 0.1) is 12.5 Å². The topological polar surface area (TPSA) is 77.6 Å². The first-order valence-corrected chi connectivity index (χ1v) is 10.5. The van der Waals surface area contributed by atoms with Gasteiger partial charge in [0.1, 0.15) is 22.7 Å². The molecule has 0 spiro atoms. The Kier molecular flexibility index (Phi) is 5.14. The van der Waals surface area contributed by atoms with Gasteiger partial charge in [-0.05, 0) is 42.3 Å². The Labute approximate surface area is 189 Å². The third-order valence-corrected chi connectivity index (χ3v) is 5.56. The molecule has 7 heteroatoms. The summed E-state index contributed by atoms with van der Waals surface area (Å²) in [5.74, 6) is 0.306. The van der Waals surface area contributed by atoms with Gasteiger partial charge in [0.2, 0.25) is 0 Å². The standard InChI is InChI=1S/C26H22N4O3/c1-17-11-12-23-28-24-21(26(32)30(23)15-17)14-22(29(24)16-18-7-4-3-5-8-18)25(31)27-19-9-6-10-20(13-19)33-2/h3-15H,16H2,1-2H3,(H,27,31). The van der Waals surface area contributed by atoms with Crippen molar-refractivity contribution in [2.75, 3.05) is 12.4 Å². The number of pyridine rings is 1. The summed E-state index contributed by atoms with van der Waals surface area (Å²) in [4.78, 5) is 31.4. The van der Waals surface area contributed by atoms with Gasteiger partial charge in [-0.1, -0.05) is 42.5 Å². The zero-order valence-electron chi connectivity index (χ0n) is 18.3. The van der Waals surface area contributed by atoms with E-state index in [0.29, 0.717) is 40.4 Å². The molecule has 0 aliphatic rings. The predicted octanol–water partition coefficient (Wildman–Crippen LogP) is 4.27. The maximum atomic E-state index is 13.3. The number of aromatic nitrogens is 3. The van der Waals surface area contributed by atoms with Crippen LogP contribution in [0.2, 0.25) is 0 Å². The fourth-order valence-electron chi connectivity index (χ4n) is 3.92. The van der Waals surface area contributed by atoms with Gasteiger partial charge in [-0.15, -0.1) is 0 Å². The van der Waals surface area contributed by atoms with Crippen molar-refractivity contribution in [1.82, 2.24) is 14.0 Å². The van der Waals surface area contributed by atoms with Gasteiger partial charge in [-0.2, -0.15) is 0 Å². The van der Waals surface area contributed by atoms with E-state index in [1.807, 2.05) is 49.4 Å². The average Bonchev–Trinajstić information content (AvgIpc) is 3.19. The number of nitrogens with one attached hydrogen (secondary N) is 1. The Morgan fingerprint density at radius 3 is 2.64 bits per heavy atom. The van der Waals surface area contributed by atoms with Crippen LogP contribution in [-0.2, 0) is 6.54 Å². The Bertz CT molecular complexity index is 1550. The number of anilines is 1. The number of carbonyl (C=O) groups is 1. The van der Waals surface area contributed by atoms with Gasteiger partial charge >= 0.3 is 0 Å². The summed E-state index contributed by atoms with van der Waals surface area (Å²) in [7, 11) is 1.57. The molecule has 33 heavy (non-hydrogen) atoms. The molecule has 3 aromatic heterocycles. The van der Waals surface area contributed by atoms with E-state index in [1.54, 1.807) is 48.2 Å². The number of ether oxygens (including phenoxy) is 1. The number of amides is 1. The highest BCUT2D eigenvalue weighted by Gasteiger charge is 2.20. The van der Waals surface area contributed by atoms with Crippen molar-refractivity contribution in [3.63, 3.8) is 0 Å². The fourth-order valence-corrected chi connectivity index (χ4v) is 3.92. The van der Waals surface area contributed by atoms with Gasteiger partial charge in [-0.25, -0.2) is 4.98 Å². The van der Waals surface area contributed by atoms with Crippen molar-refractivity contribution in [2.45, 2.75) is 13.5 Å². The van der Waals surface area contributed by atoms with E-state index >= 15 is 0 Å². The molecule has 2 aromatic carbocycles. The molecule has 0 saturated heterocycles. The SMILES string of the molecule is COc1cccc(NC(=O)c2cc3c(=O)n4cc(C)ccc4nc3n2Cc2ccccc2)c1. The Balaban J connectivity index is 1.68. The average molecular weight is 438 g/mol. The van der Waals surface area contributed by atoms with Gasteiger partial charge in [-0.3, -0.25) is 14.0 Å². The molecule has 5 aromatic rings. The predicted molar refractivity (Wildman–Crippen MR) is 128 cm³/mol. The van der Waals surface area contributed by atoms with Crippen molar-refractivity contribution in [2.24, 2.45) is 0 Å². The molecule has 0 radical (unpaired) electrons. The summed E-state index contributed by atoms with van der Waals surface area (Å²) in [5, 5.41) is 3.31. The number of hydrogen-bond acceptors (Lipinski definition) is 4. The maximum absolute atomic E-state index is 13.3. The molecule has 5 rings (SSSR count). The molecule has 0 bridgehead atoms. The molecule has 3 heterocycles. The van der Waals surface area contributed by atoms with E-state index in [4.69, 9.17) is 9.72 Å². The lowest BCUT2D eigenvalue weighted by atomic mass is 10.2. The van der Waals surface area contributed by atoms with Crippen LogP contribution in [0.15, 0.2) is 83.8 Å². The number of aryl methyl sites for hydroxylation is 1. The minimum atomic E-state index is -0.332. The van der Waals surface area contributed by atoms with Crippen LogP contribution in [0.25, 0.3) is 16.7 Å². The molecule has 7 nitrogen and oxygen atoms in total. The second-order valence-corrected chi connectivity index (χ2v) is 7.88. The van der Waals surface area contributed by atoms with Crippen molar-refractivity contribution in [3.8, 4) is 5.75 Å². The molecule has 164 valence electrons. The number of benzene rings is 2. The third kappa shape index (κ3) is 3.85. The molecule has 1 amide bonds. The Hall–Kier alpha value is -4.39. The maximum Gasteiger partial charge on any atom is 0.272 e. The quantitative estimate of drug-likeness (QED) is 0.445. The summed E-state index contributed by atoms with van der Waals surface area (Å²) in [6.07, 6.45) is 1.76. The summed E-state index contributed by atoms with van der Waals surface area (Å²) >= 11 is 0. The Morgan fingerprint density at radius 1 is 1.03 bits per heavy atom. The van der Waals surface area contributed by atoms with E-state index in [1.165, 1.54) is 4.40 Å². The van der Waals surface area contributed by atoms with Crippen molar-refractivity contribution in [3.05, 3.63) is 106 Å². The zero-order valence-corrected chi connectivity index (χ0v) is 18.3.